The van der Waals surface area contributed by atoms with Crippen LogP contribution in [0.4, 0.5) is 14.9 Å². The summed E-state index contributed by atoms with van der Waals surface area (Å²) < 4.78 is 19.2. The average molecular weight is 401 g/mol. The molecule has 3 aromatic rings. The highest BCUT2D eigenvalue weighted by Gasteiger charge is 2.29. The molecule has 0 spiro atoms. The summed E-state index contributed by atoms with van der Waals surface area (Å²) in [7, 11) is 0. The van der Waals surface area contributed by atoms with Gasteiger partial charge in [-0.15, -0.1) is 0 Å². The number of hydrogen-bond acceptors (Lipinski definition) is 4. The summed E-state index contributed by atoms with van der Waals surface area (Å²) in [5.74, 6) is 0.454. The molecule has 144 valence electrons. The number of anilines is 1. The molecule has 0 bridgehead atoms. The number of nitrogens with zero attached hydrogens (tertiary/aromatic N) is 3. The van der Waals surface area contributed by atoms with Crippen molar-refractivity contribution in [2.75, 3.05) is 18.4 Å². The van der Waals surface area contributed by atoms with Crippen LogP contribution in [0.3, 0.4) is 0 Å². The van der Waals surface area contributed by atoms with E-state index in [0.717, 1.165) is 18.4 Å². The summed E-state index contributed by atoms with van der Waals surface area (Å²) in [6.45, 7) is 1.03. The van der Waals surface area contributed by atoms with Gasteiger partial charge < -0.3 is 14.7 Å². The van der Waals surface area contributed by atoms with Crippen molar-refractivity contribution in [1.29, 1.82) is 0 Å². The maximum atomic E-state index is 13.8. The fourth-order valence-corrected chi connectivity index (χ4v) is 3.36. The smallest absolute Gasteiger partial charge is 0.321 e. The molecule has 0 aliphatic carbocycles. The molecule has 2 aromatic carbocycles. The average Bonchev–Trinajstić information content (AvgIpc) is 3.21. The number of urea groups is 1. The number of piperidine rings is 1. The minimum atomic E-state index is -0.464. The number of nitrogens with one attached hydrogen (secondary N) is 1. The molecule has 1 atom stereocenters. The van der Waals surface area contributed by atoms with E-state index >= 15 is 0 Å². The Kier molecular flexibility index (Phi) is 5.25. The van der Waals surface area contributed by atoms with Crippen molar-refractivity contribution in [2.45, 2.75) is 18.8 Å². The minimum Gasteiger partial charge on any atom is -0.339 e. The number of aromatic nitrogens is 2. The van der Waals surface area contributed by atoms with E-state index in [0.29, 0.717) is 29.8 Å². The van der Waals surface area contributed by atoms with Gasteiger partial charge in [0.1, 0.15) is 5.82 Å². The Hall–Kier alpha value is -2.93. The van der Waals surface area contributed by atoms with Gasteiger partial charge in [0.15, 0.2) is 0 Å². The molecule has 8 heteroatoms. The van der Waals surface area contributed by atoms with Crippen LogP contribution in [-0.2, 0) is 0 Å². The second kappa shape index (κ2) is 7.98. The predicted molar refractivity (Wildman–Crippen MR) is 104 cm³/mol. The molecule has 6 nitrogen and oxygen atoms in total. The van der Waals surface area contributed by atoms with Gasteiger partial charge in [0.2, 0.25) is 11.7 Å². The molecular formula is C20H18ClFN4O2. The third-order valence-corrected chi connectivity index (χ3v) is 4.97. The first-order valence-electron chi connectivity index (χ1n) is 9.00. The summed E-state index contributed by atoms with van der Waals surface area (Å²) >= 11 is 5.91. The van der Waals surface area contributed by atoms with Crippen molar-refractivity contribution in [3.8, 4) is 11.4 Å². The van der Waals surface area contributed by atoms with Crippen LogP contribution in [0.5, 0.6) is 0 Å². The number of amides is 2. The lowest BCUT2D eigenvalue weighted by Gasteiger charge is -2.31. The Labute approximate surface area is 166 Å². The summed E-state index contributed by atoms with van der Waals surface area (Å²) in [4.78, 5) is 18.7. The second-order valence-electron chi connectivity index (χ2n) is 6.66. The second-order valence-corrected chi connectivity index (χ2v) is 7.09. The van der Waals surface area contributed by atoms with Gasteiger partial charge in [0.05, 0.1) is 11.6 Å². The van der Waals surface area contributed by atoms with Crippen LogP contribution in [0.15, 0.2) is 53.1 Å². The molecule has 0 radical (unpaired) electrons. The van der Waals surface area contributed by atoms with E-state index in [1.165, 1.54) is 12.1 Å². The van der Waals surface area contributed by atoms with Gasteiger partial charge in [0.25, 0.3) is 0 Å². The first-order chi connectivity index (χ1) is 13.6. The monoisotopic (exact) mass is 400 g/mol. The van der Waals surface area contributed by atoms with Crippen LogP contribution in [-0.4, -0.2) is 34.2 Å². The van der Waals surface area contributed by atoms with Crippen LogP contribution in [0.25, 0.3) is 11.4 Å². The van der Waals surface area contributed by atoms with Gasteiger partial charge in [-0.1, -0.05) is 28.9 Å². The molecule has 1 fully saturated rings. The first kappa shape index (κ1) is 18.4. The largest absolute Gasteiger partial charge is 0.339 e. The van der Waals surface area contributed by atoms with Crippen LogP contribution in [0.1, 0.15) is 24.7 Å². The van der Waals surface area contributed by atoms with Crippen molar-refractivity contribution in [3.63, 3.8) is 0 Å². The number of rotatable bonds is 3. The standard InChI is InChI=1S/C20H18ClFN4O2/c21-15-9-7-13(8-10-15)18-24-19(28-25-18)14-4-3-11-26(12-14)20(27)23-17-6-2-1-5-16(17)22/h1-2,5-10,14H,3-4,11-12H2,(H,23,27)/t14-/m0/s1. The molecule has 1 aromatic heterocycles. The summed E-state index contributed by atoms with van der Waals surface area (Å²) in [5, 5.41) is 7.30. The number of halogens is 2. The third-order valence-electron chi connectivity index (χ3n) is 4.72. The third kappa shape index (κ3) is 3.99. The van der Waals surface area contributed by atoms with Crippen molar-refractivity contribution in [2.24, 2.45) is 0 Å². The highest BCUT2D eigenvalue weighted by Crippen LogP contribution is 2.28. The maximum Gasteiger partial charge on any atom is 0.321 e. The lowest BCUT2D eigenvalue weighted by molar-refractivity contribution is 0.184. The molecular weight excluding hydrogens is 383 g/mol. The molecule has 28 heavy (non-hydrogen) atoms. The van der Waals surface area contributed by atoms with Gasteiger partial charge in [-0.3, -0.25) is 0 Å². The zero-order valence-corrected chi connectivity index (χ0v) is 15.7. The lowest BCUT2D eigenvalue weighted by Crippen LogP contribution is -2.41. The molecule has 0 saturated carbocycles. The van der Waals surface area contributed by atoms with E-state index in [-0.39, 0.29) is 17.6 Å². The molecule has 4 rings (SSSR count). The van der Waals surface area contributed by atoms with Gasteiger partial charge in [-0.25, -0.2) is 9.18 Å². The van der Waals surface area contributed by atoms with E-state index in [1.807, 2.05) is 12.1 Å². The topological polar surface area (TPSA) is 71.3 Å². The number of hydrogen-bond donors (Lipinski definition) is 1. The highest BCUT2D eigenvalue weighted by atomic mass is 35.5. The number of likely N-dealkylation sites (tertiary alicyclic amines) is 1. The number of para-hydroxylation sites is 1. The lowest BCUT2D eigenvalue weighted by atomic mass is 9.98. The number of carbonyl (C=O) groups excluding carboxylic acids is 1. The zero-order valence-electron chi connectivity index (χ0n) is 14.9. The quantitative estimate of drug-likeness (QED) is 0.675. The predicted octanol–water partition coefficient (Wildman–Crippen LogP) is 4.94. The van der Waals surface area contributed by atoms with Gasteiger partial charge >= 0.3 is 6.03 Å². The van der Waals surface area contributed by atoms with E-state index in [9.17, 15) is 9.18 Å². The Morgan fingerprint density at radius 3 is 2.79 bits per heavy atom. The fraction of sp³-hybridized carbons (Fsp3) is 0.250. The molecule has 1 aliphatic heterocycles. The van der Waals surface area contributed by atoms with Crippen molar-refractivity contribution < 1.29 is 13.7 Å². The normalized spacial score (nSPS) is 16.8. The zero-order chi connectivity index (χ0) is 19.5. The SMILES string of the molecule is O=C(Nc1ccccc1F)N1CCC[C@H](c2nc(-c3ccc(Cl)cc3)no2)C1. The Morgan fingerprint density at radius 2 is 2.00 bits per heavy atom. The van der Waals surface area contributed by atoms with Crippen molar-refractivity contribution in [1.82, 2.24) is 15.0 Å². The minimum absolute atomic E-state index is 0.0614. The van der Waals surface area contributed by atoms with Crippen molar-refractivity contribution >= 4 is 23.3 Å². The van der Waals surface area contributed by atoms with E-state index in [2.05, 4.69) is 15.5 Å². The Balaban J connectivity index is 1.44. The molecule has 2 amide bonds. The van der Waals surface area contributed by atoms with Gasteiger partial charge in [0, 0.05) is 23.7 Å². The molecule has 1 aliphatic rings. The maximum absolute atomic E-state index is 13.8. The Morgan fingerprint density at radius 1 is 1.21 bits per heavy atom. The van der Waals surface area contributed by atoms with E-state index < -0.39 is 5.82 Å². The summed E-state index contributed by atoms with van der Waals surface area (Å²) in [5.41, 5.74) is 0.974. The van der Waals surface area contributed by atoms with Crippen LogP contribution < -0.4 is 5.32 Å². The van der Waals surface area contributed by atoms with E-state index in [4.69, 9.17) is 16.1 Å². The summed E-state index contributed by atoms with van der Waals surface area (Å²) in [6.07, 6.45) is 1.64. The number of carbonyl (C=O) groups is 1. The van der Waals surface area contributed by atoms with Gasteiger partial charge in [-0.05, 0) is 49.2 Å². The van der Waals surface area contributed by atoms with Crippen LogP contribution in [0.2, 0.25) is 5.02 Å². The van der Waals surface area contributed by atoms with Gasteiger partial charge in [-0.2, -0.15) is 4.98 Å². The van der Waals surface area contributed by atoms with E-state index in [1.54, 1.807) is 29.2 Å². The summed E-state index contributed by atoms with van der Waals surface area (Å²) in [6, 6.07) is 12.9. The van der Waals surface area contributed by atoms with Crippen LogP contribution >= 0.6 is 11.6 Å². The molecule has 0 unspecified atom stereocenters. The first-order valence-corrected chi connectivity index (χ1v) is 9.38. The fourth-order valence-electron chi connectivity index (χ4n) is 3.24. The molecule has 1 saturated heterocycles. The van der Waals surface area contributed by atoms with Crippen molar-refractivity contribution in [3.05, 3.63) is 65.3 Å². The molecule has 1 N–H and O–H groups in total. The molecule has 2 heterocycles. The Bertz CT molecular complexity index is 976. The highest BCUT2D eigenvalue weighted by molar-refractivity contribution is 6.30. The van der Waals surface area contributed by atoms with Crippen LogP contribution in [0, 0.1) is 5.82 Å². The number of benzene rings is 2.